The van der Waals surface area contributed by atoms with Crippen LogP contribution in [0.15, 0.2) is 49.0 Å². The van der Waals surface area contributed by atoms with Crippen molar-refractivity contribution in [1.82, 2.24) is 0 Å². The molecule has 0 atom stereocenters. The van der Waals surface area contributed by atoms with E-state index in [9.17, 15) is 0 Å². The van der Waals surface area contributed by atoms with Gasteiger partial charge in [0.1, 0.15) is 0 Å². The first kappa shape index (κ1) is 10.6. The van der Waals surface area contributed by atoms with E-state index < -0.39 is 0 Å². The molecule has 0 radical (unpaired) electrons. The van der Waals surface area contributed by atoms with E-state index in [2.05, 4.69) is 19.7 Å². The van der Waals surface area contributed by atoms with E-state index in [1.807, 2.05) is 0 Å². The third-order valence-corrected chi connectivity index (χ3v) is 1.32. The van der Waals surface area contributed by atoms with Crippen molar-refractivity contribution in [1.29, 1.82) is 0 Å². The lowest BCUT2D eigenvalue weighted by Crippen LogP contribution is -1.93. The quantitative estimate of drug-likeness (QED) is 0.461. The van der Waals surface area contributed by atoms with E-state index in [4.69, 9.17) is 9.47 Å². The fourth-order valence-electron chi connectivity index (χ4n) is 0.581. The summed E-state index contributed by atoms with van der Waals surface area (Å²) in [6.45, 7) is 10.9. The average molecular weight is 166 g/mol. The Labute approximate surface area is 73.5 Å². The maximum absolute atomic E-state index is 5.00. The van der Waals surface area contributed by atoms with Gasteiger partial charge >= 0.3 is 0 Å². The van der Waals surface area contributed by atoms with Gasteiger partial charge in [-0.3, -0.25) is 0 Å². The normalized spacial score (nSPS) is 10.3. The van der Waals surface area contributed by atoms with Gasteiger partial charge < -0.3 is 9.47 Å². The molecule has 0 rings (SSSR count). The molecule has 0 fully saturated rings. The second kappa shape index (κ2) is 5.24. The Bertz CT molecular complexity index is 224. The zero-order chi connectivity index (χ0) is 9.56. The zero-order valence-electron chi connectivity index (χ0n) is 7.59. The molecule has 0 aliphatic rings. The summed E-state index contributed by atoms with van der Waals surface area (Å²) in [5.74, 6) is 1.03. The van der Waals surface area contributed by atoms with Crippen LogP contribution in [-0.2, 0) is 9.47 Å². The molecular weight excluding hydrogens is 152 g/mol. The SMILES string of the molecule is C=CC(=C)/C=C(/OC)C(=C)OC. The van der Waals surface area contributed by atoms with Crippen molar-refractivity contribution in [2.75, 3.05) is 14.2 Å². The van der Waals surface area contributed by atoms with Gasteiger partial charge in [0.15, 0.2) is 11.5 Å². The molecule has 0 bridgehead atoms. The lowest BCUT2D eigenvalue weighted by atomic mass is 10.2. The molecule has 0 aliphatic carbocycles. The lowest BCUT2D eigenvalue weighted by Gasteiger charge is -2.07. The number of rotatable bonds is 5. The van der Waals surface area contributed by atoms with Gasteiger partial charge in [-0.25, -0.2) is 0 Å². The molecule has 0 aromatic heterocycles. The molecule has 66 valence electrons. The Balaban J connectivity index is 4.53. The van der Waals surface area contributed by atoms with Crippen LogP contribution in [-0.4, -0.2) is 14.2 Å². The van der Waals surface area contributed by atoms with E-state index in [1.54, 1.807) is 19.3 Å². The highest BCUT2D eigenvalue weighted by Gasteiger charge is 2.00. The predicted octanol–water partition coefficient (Wildman–Crippen LogP) is 2.42. The number of methoxy groups -OCH3 is 2. The Morgan fingerprint density at radius 1 is 1.17 bits per heavy atom. The van der Waals surface area contributed by atoms with Crippen LogP contribution in [0.4, 0.5) is 0 Å². The van der Waals surface area contributed by atoms with Crippen LogP contribution in [0, 0.1) is 0 Å². The highest BCUT2D eigenvalue weighted by Crippen LogP contribution is 2.11. The van der Waals surface area contributed by atoms with Crippen LogP contribution >= 0.6 is 0 Å². The van der Waals surface area contributed by atoms with Gasteiger partial charge in [0.25, 0.3) is 0 Å². The van der Waals surface area contributed by atoms with Crippen LogP contribution in [0.2, 0.25) is 0 Å². The first-order chi connectivity index (χ1) is 5.65. The molecule has 0 saturated heterocycles. The first-order valence-electron chi connectivity index (χ1n) is 3.46. The molecule has 2 heteroatoms. The molecule has 0 N–H and O–H groups in total. The Hall–Kier alpha value is -1.44. The Kier molecular flexibility index (Phi) is 4.61. The summed E-state index contributed by atoms with van der Waals surface area (Å²) >= 11 is 0. The molecule has 0 saturated carbocycles. The minimum atomic E-state index is 0.473. The minimum absolute atomic E-state index is 0.473. The van der Waals surface area contributed by atoms with Crippen LogP contribution < -0.4 is 0 Å². The standard InChI is InChI=1S/C10H14O2/c1-6-8(2)7-10(12-5)9(3)11-4/h6-7H,1-3H2,4-5H3/b10-7+. The molecule has 0 spiro atoms. The average Bonchev–Trinajstić information content (AvgIpc) is 2.12. The summed E-state index contributed by atoms with van der Waals surface area (Å²) in [6.07, 6.45) is 3.33. The van der Waals surface area contributed by atoms with Crippen molar-refractivity contribution >= 4 is 0 Å². The van der Waals surface area contributed by atoms with Crippen molar-refractivity contribution < 1.29 is 9.47 Å². The van der Waals surface area contributed by atoms with Gasteiger partial charge in [-0.15, -0.1) is 0 Å². The van der Waals surface area contributed by atoms with Crippen molar-refractivity contribution in [2.24, 2.45) is 0 Å². The summed E-state index contributed by atoms with van der Waals surface area (Å²) < 4.78 is 9.89. The van der Waals surface area contributed by atoms with Crippen molar-refractivity contribution in [2.45, 2.75) is 0 Å². The van der Waals surface area contributed by atoms with Gasteiger partial charge in [0.2, 0.25) is 0 Å². The van der Waals surface area contributed by atoms with Gasteiger partial charge in [-0.05, 0) is 11.6 Å². The number of ether oxygens (including phenoxy) is 2. The van der Waals surface area contributed by atoms with E-state index in [0.717, 1.165) is 5.57 Å². The minimum Gasteiger partial charge on any atom is -0.493 e. The maximum Gasteiger partial charge on any atom is 0.160 e. The monoisotopic (exact) mass is 166 g/mol. The highest BCUT2D eigenvalue weighted by atomic mass is 16.5. The molecule has 2 nitrogen and oxygen atoms in total. The van der Waals surface area contributed by atoms with Gasteiger partial charge in [-0.2, -0.15) is 0 Å². The number of allylic oxidation sites excluding steroid dienone is 3. The smallest absolute Gasteiger partial charge is 0.160 e. The van der Waals surface area contributed by atoms with Gasteiger partial charge in [0.05, 0.1) is 14.2 Å². The number of hydrogen-bond donors (Lipinski definition) is 0. The molecule has 0 aromatic carbocycles. The fourth-order valence-corrected chi connectivity index (χ4v) is 0.581. The van der Waals surface area contributed by atoms with Crippen LogP contribution in [0.3, 0.4) is 0 Å². The molecule has 0 amide bonds. The van der Waals surface area contributed by atoms with Crippen LogP contribution in [0.1, 0.15) is 0 Å². The molecular formula is C10H14O2. The molecule has 12 heavy (non-hydrogen) atoms. The van der Waals surface area contributed by atoms with E-state index in [1.165, 1.54) is 7.11 Å². The molecule has 0 aliphatic heterocycles. The maximum atomic E-state index is 5.00. The second-order valence-corrected chi connectivity index (χ2v) is 2.12. The first-order valence-corrected chi connectivity index (χ1v) is 3.46. The zero-order valence-corrected chi connectivity index (χ0v) is 7.59. The largest absolute Gasteiger partial charge is 0.493 e. The van der Waals surface area contributed by atoms with Crippen molar-refractivity contribution in [3.8, 4) is 0 Å². The summed E-state index contributed by atoms with van der Waals surface area (Å²) in [7, 11) is 3.08. The lowest BCUT2D eigenvalue weighted by molar-refractivity contribution is 0.221. The highest BCUT2D eigenvalue weighted by molar-refractivity contribution is 5.32. The fraction of sp³-hybridized carbons (Fsp3) is 0.200. The van der Waals surface area contributed by atoms with E-state index in [-0.39, 0.29) is 0 Å². The number of hydrogen-bond acceptors (Lipinski definition) is 2. The molecule has 0 heterocycles. The summed E-state index contributed by atoms with van der Waals surface area (Å²) in [5, 5.41) is 0. The van der Waals surface area contributed by atoms with Gasteiger partial charge in [-0.1, -0.05) is 25.8 Å². The van der Waals surface area contributed by atoms with Crippen molar-refractivity contribution in [3.05, 3.63) is 49.0 Å². The Morgan fingerprint density at radius 2 is 1.75 bits per heavy atom. The molecule has 0 unspecified atom stereocenters. The van der Waals surface area contributed by atoms with E-state index in [0.29, 0.717) is 11.5 Å². The summed E-state index contributed by atoms with van der Waals surface area (Å²) in [4.78, 5) is 0. The third-order valence-electron chi connectivity index (χ3n) is 1.32. The summed E-state index contributed by atoms with van der Waals surface area (Å²) in [6, 6.07) is 0. The van der Waals surface area contributed by atoms with Crippen LogP contribution in [0.25, 0.3) is 0 Å². The topological polar surface area (TPSA) is 18.5 Å². The van der Waals surface area contributed by atoms with Crippen molar-refractivity contribution in [3.63, 3.8) is 0 Å². The van der Waals surface area contributed by atoms with Gasteiger partial charge in [0, 0.05) is 0 Å². The summed E-state index contributed by atoms with van der Waals surface area (Å²) in [5.41, 5.74) is 0.755. The molecule has 0 aromatic rings. The van der Waals surface area contributed by atoms with Crippen LogP contribution in [0.5, 0.6) is 0 Å². The van der Waals surface area contributed by atoms with E-state index >= 15 is 0 Å². The predicted molar refractivity (Wildman–Crippen MR) is 50.6 cm³/mol. The third kappa shape index (κ3) is 3.10. The second-order valence-electron chi connectivity index (χ2n) is 2.12. The Morgan fingerprint density at radius 3 is 2.08 bits per heavy atom.